The lowest BCUT2D eigenvalue weighted by Crippen LogP contribution is -2.22. The highest BCUT2D eigenvalue weighted by atomic mass is 16.5. The van der Waals surface area contributed by atoms with Gasteiger partial charge >= 0.3 is 5.97 Å². The zero-order valence-electron chi connectivity index (χ0n) is 11.8. The molecule has 19 heavy (non-hydrogen) atoms. The number of carboxylic acid groups (broad SMARTS) is 1. The first-order chi connectivity index (χ1) is 8.96. The van der Waals surface area contributed by atoms with Crippen LogP contribution >= 0.6 is 0 Å². The summed E-state index contributed by atoms with van der Waals surface area (Å²) in [6, 6.07) is 3.53. The van der Waals surface area contributed by atoms with Gasteiger partial charge in [-0.25, -0.2) is 0 Å². The Morgan fingerprint density at radius 3 is 2.11 bits per heavy atom. The number of aliphatic carboxylic acids is 1. The van der Waals surface area contributed by atoms with Gasteiger partial charge in [-0.3, -0.25) is 4.79 Å². The number of benzene rings is 1. The highest BCUT2D eigenvalue weighted by Gasteiger charge is 2.24. The van der Waals surface area contributed by atoms with Crippen molar-refractivity contribution in [2.75, 3.05) is 20.8 Å². The predicted molar refractivity (Wildman–Crippen MR) is 73.1 cm³/mol. The van der Waals surface area contributed by atoms with Gasteiger partial charge in [-0.1, -0.05) is 13.8 Å². The number of hydrogen-bond acceptors (Lipinski definition) is 4. The molecule has 0 radical (unpaired) electrons. The van der Waals surface area contributed by atoms with Gasteiger partial charge in [0.15, 0.2) is 0 Å². The third-order valence-corrected chi connectivity index (χ3v) is 3.11. The number of nitrogens with two attached hydrogens (primary N) is 1. The summed E-state index contributed by atoms with van der Waals surface area (Å²) < 4.78 is 10.6. The van der Waals surface area contributed by atoms with Crippen LogP contribution in [0.5, 0.6) is 11.5 Å². The van der Waals surface area contributed by atoms with E-state index in [0.29, 0.717) is 17.1 Å². The summed E-state index contributed by atoms with van der Waals surface area (Å²) in [5.74, 6) is -0.346. The van der Waals surface area contributed by atoms with Crippen molar-refractivity contribution in [3.63, 3.8) is 0 Å². The van der Waals surface area contributed by atoms with Crippen LogP contribution < -0.4 is 15.2 Å². The molecule has 0 aliphatic rings. The van der Waals surface area contributed by atoms with E-state index >= 15 is 0 Å². The second kappa shape index (κ2) is 6.43. The summed E-state index contributed by atoms with van der Waals surface area (Å²) in [7, 11) is 3.08. The van der Waals surface area contributed by atoms with Crippen LogP contribution in [0.15, 0.2) is 12.1 Å². The van der Waals surface area contributed by atoms with Crippen LogP contribution in [0.2, 0.25) is 0 Å². The van der Waals surface area contributed by atoms with E-state index in [1.807, 2.05) is 19.9 Å². The Morgan fingerprint density at radius 1 is 1.21 bits per heavy atom. The van der Waals surface area contributed by atoms with E-state index in [1.165, 1.54) is 7.11 Å². The Bertz CT molecular complexity index is 457. The van der Waals surface area contributed by atoms with E-state index in [9.17, 15) is 9.90 Å². The fourth-order valence-corrected chi connectivity index (χ4v) is 2.03. The number of methoxy groups -OCH3 is 2. The van der Waals surface area contributed by atoms with Crippen LogP contribution in [0, 0.1) is 0 Å². The molecule has 0 amide bonds. The van der Waals surface area contributed by atoms with Crippen LogP contribution in [0.4, 0.5) is 0 Å². The lowest BCUT2D eigenvalue weighted by atomic mass is 9.92. The van der Waals surface area contributed by atoms with E-state index < -0.39 is 11.9 Å². The van der Waals surface area contributed by atoms with Crippen molar-refractivity contribution in [2.45, 2.75) is 25.7 Å². The SMILES string of the molecule is COc1cc(OC)c(C(CN)C(=O)O)cc1C(C)C. The molecule has 1 atom stereocenters. The third-order valence-electron chi connectivity index (χ3n) is 3.11. The topological polar surface area (TPSA) is 81.8 Å². The molecule has 0 saturated heterocycles. The van der Waals surface area contributed by atoms with Crippen LogP contribution in [0.1, 0.15) is 36.8 Å². The van der Waals surface area contributed by atoms with Gasteiger partial charge in [0.05, 0.1) is 20.1 Å². The van der Waals surface area contributed by atoms with Crippen molar-refractivity contribution >= 4 is 5.97 Å². The maximum absolute atomic E-state index is 11.3. The fraction of sp³-hybridized carbons (Fsp3) is 0.500. The predicted octanol–water partition coefficient (Wildman–Crippen LogP) is 1.95. The van der Waals surface area contributed by atoms with Crippen LogP contribution in [-0.4, -0.2) is 31.8 Å². The van der Waals surface area contributed by atoms with Crippen molar-refractivity contribution in [1.82, 2.24) is 0 Å². The Labute approximate surface area is 113 Å². The largest absolute Gasteiger partial charge is 0.496 e. The maximum atomic E-state index is 11.3. The Kier molecular flexibility index (Phi) is 5.18. The Balaban J connectivity index is 3.44. The van der Waals surface area contributed by atoms with E-state index in [4.69, 9.17) is 15.2 Å². The summed E-state index contributed by atoms with van der Waals surface area (Å²) in [6.45, 7) is 4.06. The first-order valence-electron chi connectivity index (χ1n) is 6.14. The van der Waals surface area contributed by atoms with Crippen LogP contribution in [0.3, 0.4) is 0 Å². The highest BCUT2D eigenvalue weighted by molar-refractivity contribution is 5.78. The van der Waals surface area contributed by atoms with Crippen molar-refractivity contribution in [2.24, 2.45) is 5.73 Å². The van der Waals surface area contributed by atoms with Crippen LogP contribution in [-0.2, 0) is 4.79 Å². The monoisotopic (exact) mass is 267 g/mol. The highest BCUT2D eigenvalue weighted by Crippen LogP contribution is 2.36. The van der Waals surface area contributed by atoms with E-state index in [-0.39, 0.29) is 12.5 Å². The van der Waals surface area contributed by atoms with Crippen molar-refractivity contribution in [3.05, 3.63) is 23.3 Å². The Hall–Kier alpha value is -1.75. The maximum Gasteiger partial charge on any atom is 0.312 e. The number of carboxylic acids is 1. The molecule has 1 unspecified atom stereocenters. The molecule has 1 aromatic carbocycles. The van der Waals surface area contributed by atoms with Gasteiger partial charge in [0.1, 0.15) is 11.5 Å². The average molecular weight is 267 g/mol. The molecule has 3 N–H and O–H groups in total. The summed E-state index contributed by atoms with van der Waals surface area (Å²) in [5.41, 5.74) is 7.09. The second-order valence-electron chi connectivity index (χ2n) is 4.62. The lowest BCUT2D eigenvalue weighted by Gasteiger charge is -2.19. The second-order valence-corrected chi connectivity index (χ2v) is 4.62. The quantitative estimate of drug-likeness (QED) is 0.823. The molecule has 5 heteroatoms. The van der Waals surface area contributed by atoms with Gasteiger partial charge in [0.2, 0.25) is 0 Å². The summed E-state index contributed by atoms with van der Waals surface area (Å²) in [4.78, 5) is 11.3. The summed E-state index contributed by atoms with van der Waals surface area (Å²) in [5, 5.41) is 9.24. The van der Waals surface area contributed by atoms with E-state index in [2.05, 4.69) is 0 Å². The number of hydrogen-bond donors (Lipinski definition) is 2. The minimum absolute atomic E-state index is 0.0234. The molecule has 0 aliphatic heterocycles. The van der Waals surface area contributed by atoms with Gasteiger partial charge in [-0.15, -0.1) is 0 Å². The standard InChI is InChI=1S/C14H21NO4/c1-8(2)9-5-10(11(7-15)14(16)17)13(19-4)6-12(9)18-3/h5-6,8,11H,7,15H2,1-4H3,(H,16,17). The molecule has 0 saturated carbocycles. The molecule has 0 bridgehead atoms. The number of ether oxygens (including phenoxy) is 2. The molecule has 1 rings (SSSR count). The molecule has 0 fully saturated rings. The zero-order valence-corrected chi connectivity index (χ0v) is 11.8. The van der Waals surface area contributed by atoms with Crippen molar-refractivity contribution in [3.8, 4) is 11.5 Å². The van der Waals surface area contributed by atoms with Crippen molar-refractivity contribution < 1.29 is 19.4 Å². The molecule has 0 spiro atoms. The third kappa shape index (κ3) is 3.17. The number of rotatable bonds is 6. The van der Waals surface area contributed by atoms with Gasteiger partial charge in [0.25, 0.3) is 0 Å². The van der Waals surface area contributed by atoms with Crippen molar-refractivity contribution in [1.29, 1.82) is 0 Å². The number of carbonyl (C=O) groups is 1. The van der Waals surface area contributed by atoms with E-state index in [0.717, 1.165) is 5.56 Å². The van der Waals surface area contributed by atoms with Crippen LogP contribution in [0.25, 0.3) is 0 Å². The molecular weight excluding hydrogens is 246 g/mol. The molecule has 0 heterocycles. The van der Waals surface area contributed by atoms with Gasteiger partial charge in [-0.2, -0.15) is 0 Å². The summed E-state index contributed by atoms with van der Waals surface area (Å²) >= 11 is 0. The minimum Gasteiger partial charge on any atom is -0.496 e. The zero-order chi connectivity index (χ0) is 14.6. The smallest absolute Gasteiger partial charge is 0.312 e. The molecule has 106 valence electrons. The average Bonchev–Trinajstić information content (AvgIpc) is 2.38. The lowest BCUT2D eigenvalue weighted by molar-refractivity contribution is -0.138. The first kappa shape index (κ1) is 15.3. The normalized spacial score (nSPS) is 12.3. The van der Waals surface area contributed by atoms with Gasteiger partial charge in [-0.05, 0) is 17.5 Å². The van der Waals surface area contributed by atoms with E-state index in [1.54, 1.807) is 13.2 Å². The fourth-order valence-electron chi connectivity index (χ4n) is 2.03. The first-order valence-corrected chi connectivity index (χ1v) is 6.14. The minimum atomic E-state index is -0.958. The molecular formula is C14H21NO4. The molecule has 1 aromatic rings. The molecule has 0 aliphatic carbocycles. The van der Waals surface area contributed by atoms with Gasteiger partial charge < -0.3 is 20.3 Å². The summed E-state index contributed by atoms with van der Waals surface area (Å²) in [6.07, 6.45) is 0. The molecule has 0 aromatic heterocycles. The molecule has 5 nitrogen and oxygen atoms in total. The Morgan fingerprint density at radius 2 is 1.74 bits per heavy atom. The van der Waals surface area contributed by atoms with Gasteiger partial charge in [0, 0.05) is 18.2 Å².